The van der Waals surface area contributed by atoms with Crippen LogP contribution in [0.3, 0.4) is 0 Å². The smallest absolute Gasteiger partial charge is 0.0702 e. The van der Waals surface area contributed by atoms with Crippen molar-refractivity contribution in [2.24, 2.45) is 17.6 Å². The Balaban J connectivity index is 2.72. The van der Waals surface area contributed by atoms with Crippen LogP contribution in [0.5, 0.6) is 0 Å². The van der Waals surface area contributed by atoms with Crippen molar-refractivity contribution in [2.75, 3.05) is 26.7 Å². The van der Waals surface area contributed by atoms with Gasteiger partial charge in [0.25, 0.3) is 0 Å². The van der Waals surface area contributed by atoms with Crippen LogP contribution in [0.4, 0.5) is 0 Å². The number of likely N-dealkylation sites (N-methyl/N-ethyl adjacent to an activating group) is 1. The van der Waals surface area contributed by atoms with E-state index in [0.717, 1.165) is 19.7 Å². The lowest BCUT2D eigenvalue weighted by Gasteiger charge is -2.45. The molecule has 20 heavy (non-hydrogen) atoms. The van der Waals surface area contributed by atoms with Crippen molar-refractivity contribution >= 4 is 0 Å². The molecule has 120 valence electrons. The van der Waals surface area contributed by atoms with Crippen LogP contribution in [0.1, 0.15) is 59.8 Å². The van der Waals surface area contributed by atoms with Crippen LogP contribution in [0.2, 0.25) is 0 Å². The Labute approximate surface area is 126 Å². The number of rotatable bonds is 8. The average Bonchev–Trinajstić information content (AvgIpc) is 2.37. The molecule has 1 aliphatic rings. The van der Waals surface area contributed by atoms with Gasteiger partial charge in [0.15, 0.2) is 0 Å². The first-order chi connectivity index (χ1) is 9.39. The van der Waals surface area contributed by atoms with Crippen molar-refractivity contribution in [3.63, 3.8) is 0 Å². The molecule has 3 heteroatoms. The largest absolute Gasteiger partial charge is 0.377 e. The van der Waals surface area contributed by atoms with E-state index in [1.165, 1.54) is 32.1 Å². The Morgan fingerprint density at radius 1 is 1.15 bits per heavy atom. The number of hydrogen-bond acceptors (Lipinski definition) is 3. The quantitative estimate of drug-likeness (QED) is 0.743. The predicted octanol–water partition coefficient (Wildman–Crippen LogP) is 3.28. The van der Waals surface area contributed by atoms with Crippen molar-refractivity contribution in [3.05, 3.63) is 0 Å². The standard InChI is InChI=1S/C17H36N2O/c1-14(2)10-17(13-18,11-15(3)4)19(5)12-16-8-6-7-9-20-16/h14-16H,6-13,18H2,1-5H3. The Kier molecular flexibility index (Phi) is 7.49. The molecule has 1 rings (SSSR count). The van der Waals surface area contributed by atoms with E-state index >= 15 is 0 Å². The molecule has 0 amide bonds. The fourth-order valence-electron chi connectivity index (χ4n) is 3.69. The Hall–Kier alpha value is -0.120. The van der Waals surface area contributed by atoms with E-state index in [2.05, 4.69) is 39.6 Å². The Morgan fingerprint density at radius 3 is 2.15 bits per heavy atom. The molecule has 1 atom stereocenters. The summed E-state index contributed by atoms with van der Waals surface area (Å²) in [6.07, 6.45) is 6.48. The van der Waals surface area contributed by atoms with Gasteiger partial charge in [0, 0.05) is 25.2 Å². The molecule has 0 aromatic rings. The van der Waals surface area contributed by atoms with Gasteiger partial charge in [-0.2, -0.15) is 0 Å². The summed E-state index contributed by atoms with van der Waals surface area (Å²) in [4.78, 5) is 2.50. The van der Waals surface area contributed by atoms with E-state index in [0.29, 0.717) is 17.9 Å². The molecular weight excluding hydrogens is 248 g/mol. The van der Waals surface area contributed by atoms with E-state index in [1.54, 1.807) is 0 Å². The maximum atomic E-state index is 6.23. The first-order valence-electron chi connectivity index (χ1n) is 8.42. The normalized spacial score (nSPS) is 21.1. The molecule has 1 heterocycles. The second-order valence-electron chi connectivity index (χ2n) is 7.49. The molecule has 0 radical (unpaired) electrons. The van der Waals surface area contributed by atoms with Crippen molar-refractivity contribution in [1.29, 1.82) is 0 Å². The molecule has 1 unspecified atom stereocenters. The van der Waals surface area contributed by atoms with E-state index in [-0.39, 0.29) is 5.54 Å². The van der Waals surface area contributed by atoms with Gasteiger partial charge in [-0.3, -0.25) is 4.90 Å². The van der Waals surface area contributed by atoms with Gasteiger partial charge in [0.05, 0.1) is 6.10 Å². The van der Waals surface area contributed by atoms with Crippen LogP contribution >= 0.6 is 0 Å². The van der Waals surface area contributed by atoms with Crippen LogP contribution in [-0.2, 0) is 4.74 Å². The highest BCUT2D eigenvalue weighted by molar-refractivity contribution is 4.93. The summed E-state index contributed by atoms with van der Waals surface area (Å²) in [5.74, 6) is 1.35. The molecule has 1 aliphatic heterocycles. The highest BCUT2D eigenvalue weighted by Gasteiger charge is 2.35. The molecule has 0 aliphatic carbocycles. The highest BCUT2D eigenvalue weighted by Crippen LogP contribution is 2.30. The summed E-state index contributed by atoms with van der Waals surface area (Å²) in [6, 6.07) is 0. The summed E-state index contributed by atoms with van der Waals surface area (Å²) < 4.78 is 5.92. The molecule has 1 saturated heterocycles. The Bertz CT molecular complexity index is 250. The summed E-state index contributed by atoms with van der Waals surface area (Å²) in [7, 11) is 2.25. The molecule has 0 aromatic carbocycles. The van der Waals surface area contributed by atoms with Crippen LogP contribution in [0.15, 0.2) is 0 Å². The van der Waals surface area contributed by atoms with Gasteiger partial charge in [-0.15, -0.1) is 0 Å². The number of ether oxygens (including phenoxy) is 1. The predicted molar refractivity (Wildman–Crippen MR) is 86.9 cm³/mol. The number of hydrogen-bond donors (Lipinski definition) is 1. The van der Waals surface area contributed by atoms with E-state index in [9.17, 15) is 0 Å². The van der Waals surface area contributed by atoms with E-state index in [4.69, 9.17) is 10.5 Å². The zero-order valence-electron chi connectivity index (χ0n) is 14.3. The van der Waals surface area contributed by atoms with Gasteiger partial charge in [-0.05, 0) is 51.0 Å². The minimum absolute atomic E-state index is 0.128. The van der Waals surface area contributed by atoms with Crippen molar-refractivity contribution in [3.8, 4) is 0 Å². The maximum Gasteiger partial charge on any atom is 0.0702 e. The van der Waals surface area contributed by atoms with Crippen molar-refractivity contribution < 1.29 is 4.74 Å². The second-order valence-corrected chi connectivity index (χ2v) is 7.49. The number of nitrogens with two attached hydrogens (primary N) is 1. The third-order valence-electron chi connectivity index (χ3n) is 4.52. The zero-order chi connectivity index (χ0) is 15.2. The molecular formula is C17H36N2O. The third kappa shape index (κ3) is 5.34. The average molecular weight is 284 g/mol. The maximum absolute atomic E-state index is 6.23. The number of nitrogens with zero attached hydrogens (tertiary/aromatic N) is 1. The van der Waals surface area contributed by atoms with Gasteiger partial charge in [-0.1, -0.05) is 27.7 Å². The van der Waals surface area contributed by atoms with Crippen molar-refractivity contribution in [2.45, 2.75) is 71.4 Å². The monoisotopic (exact) mass is 284 g/mol. The summed E-state index contributed by atoms with van der Waals surface area (Å²) in [5.41, 5.74) is 6.36. The van der Waals surface area contributed by atoms with E-state index in [1.807, 2.05) is 0 Å². The molecule has 3 nitrogen and oxygen atoms in total. The Morgan fingerprint density at radius 2 is 1.75 bits per heavy atom. The first kappa shape index (κ1) is 17.9. The molecule has 0 aromatic heterocycles. The minimum Gasteiger partial charge on any atom is -0.377 e. The molecule has 1 fully saturated rings. The topological polar surface area (TPSA) is 38.5 Å². The lowest BCUT2D eigenvalue weighted by Crippen LogP contribution is -2.56. The van der Waals surface area contributed by atoms with Gasteiger partial charge < -0.3 is 10.5 Å². The van der Waals surface area contributed by atoms with E-state index < -0.39 is 0 Å². The highest BCUT2D eigenvalue weighted by atomic mass is 16.5. The van der Waals surface area contributed by atoms with Crippen molar-refractivity contribution in [1.82, 2.24) is 4.90 Å². The second kappa shape index (κ2) is 8.35. The first-order valence-corrected chi connectivity index (χ1v) is 8.42. The molecule has 0 bridgehead atoms. The molecule has 0 spiro atoms. The van der Waals surface area contributed by atoms with Crippen LogP contribution in [-0.4, -0.2) is 43.3 Å². The fraction of sp³-hybridized carbons (Fsp3) is 1.00. The lowest BCUT2D eigenvalue weighted by atomic mass is 9.80. The molecule has 2 N–H and O–H groups in total. The van der Waals surface area contributed by atoms with Gasteiger partial charge in [-0.25, -0.2) is 0 Å². The van der Waals surface area contributed by atoms with Crippen LogP contribution in [0, 0.1) is 11.8 Å². The lowest BCUT2D eigenvalue weighted by molar-refractivity contribution is -0.0305. The van der Waals surface area contributed by atoms with Crippen LogP contribution in [0.25, 0.3) is 0 Å². The summed E-state index contributed by atoms with van der Waals surface area (Å²) >= 11 is 0. The summed E-state index contributed by atoms with van der Waals surface area (Å²) in [6.45, 7) is 11.9. The van der Waals surface area contributed by atoms with Gasteiger partial charge in [0.2, 0.25) is 0 Å². The molecule has 0 saturated carbocycles. The third-order valence-corrected chi connectivity index (χ3v) is 4.52. The van der Waals surface area contributed by atoms with Crippen LogP contribution < -0.4 is 5.73 Å². The zero-order valence-corrected chi connectivity index (χ0v) is 14.3. The SMILES string of the molecule is CC(C)CC(CN)(CC(C)C)N(C)CC1CCCCO1. The summed E-state index contributed by atoms with van der Waals surface area (Å²) in [5, 5.41) is 0. The van der Waals surface area contributed by atoms with Gasteiger partial charge in [0.1, 0.15) is 0 Å². The minimum atomic E-state index is 0.128. The fourth-order valence-corrected chi connectivity index (χ4v) is 3.69. The van der Waals surface area contributed by atoms with Gasteiger partial charge >= 0.3 is 0 Å².